The summed E-state index contributed by atoms with van der Waals surface area (Å²) >= 11 is 0. The third-order valence-electron chi connectivity index (χ3n) is 6.01. The Labute approximate surface area is 122 Å². The van der Waals surface area contributed by atoms with Crippen molar-refractivity contribution < 1.29 is 9.90 Å². The average molecular weight is 279 g/mol. The van der Waals surface area contributed by atoms with Gasteiger partial charge in [-0.05, 0) is 50.4 Å². The first-order valence-corrected chi connectivity index (χ1v) is 8.71. The van der Waals surface area contributed by atoms with Crippen molar-refractivity contribution in [2.75, 3.05) is 13.2 Å². The van der Waals surface area contributed by atoms with Gasteiger partial charge in [-0.2, -0.15) is 0 Å². The first kappa shape index (κ1) is 14.4. The maximum atomic E-state index is 12.8. The molecule has 4 atom stereocenters. The molecule has 1 amide bonds. The van der Waals surface area contributed by atoms with Crippen LogP contribution < -0.4 is 0 Å². The monoisotopic (exact) mass is 279 g/mol. The molecule has 0 aromatic carbocycles. The molecule has 4 unspecified atom stereocenters. The minimum absolute atomic E-state index is 0.0975. The maximum Gasteiger partial charge on any atom is 0.226 e. The number of likely N-dealkylation sites (tertiary alicyclic amines) is 1. The Morgan fingerprint density at radius 3 is 2.50 bits per heavy atom. The summed E-state index contributed by atoms with van der Waals surface area (Å²) in [4.78, 5) is 14.8. The number of carbonyl (C=O) groups excluding carboxylic acids is 1. The number of amides is 1. The Hall–Kier alpha value is -0.570. The highest BCUT2D eigenvalue weighted by molar-refractivity contribution is 5.79. The molecule has 3 nitrogen and oxygen atoms in total. The Morgan fingerprint density at radius 2 is 1.70 bits per heavy atom. The number of aliphatic hydroxyl groups is 1. The van der Waals surface area contributed by atoms with Gasteiger partial charge in [0, 0.05) is 12.5 Å². The molecule has 0 aromatic heterocycles. The molecule has 0 bridgehead atoms. The lowest BCUT2D eigenvalue weighted by molar-refractivity contribution is -0.142. The van der Waals surface area contributed by atoms with Gasteiger partial charge in [-0.3, -0.25) is 4.79 Å². The topological polar surface area (TPSA) is 40.5 Å². The van der Waals surface area contributed by atoms with Gasteiger partial charge in [0.1, 0.15) is 0 Å². The van der Waals surface area contributed by atoms with E-state index in [1.54, 1.807) is 0 Å². The zero-order valence-corrected chi connectivity index (χ0v) is 12.6. The van der Waals surface area contributed by atoms with Crippen molar-refractivity contribution in [2.24, 2.45) is 17.8 Å². The van der Waals surface area contributed by atoms with Gasteiger partial charge in [0.15, 0.2) is 0 Å². The molecule has 1 aliphatic heterocycles. The van der Waals surface area contributed by atoms with E-state index in [1.165, 1.54) is 32.1 Å². The highest BCUT2D eigenvalue weighted by Gasteiger charge is 2.38. The van der Waals surface area contributed by atoms with E-state index in [-0.39, 0.29) is 18.6 Å². The number of hydrogen-bond donors (Lipinski definition) is 1. The predicted octanol–water partition coefficient (Wildman–Crippen LogP) is 2.97. The predicted molar refractivity (Wildman–Crippen MR) is 79.2 cm³/mol. The van der Waals surface area contributed by atoms with Crippen molar-refractivity contribution in [3.63, 3.8) is 0 Å². The molecule has 0 radical (unpaired) electrons. The van der Waals surface area contributed by atoms with E-state index in [2.05, 4.69) is 0 Å². The van der Waals surface area contributed by atoms with E-state index in [9.17, 15) is 9.90 Å². The zero-order valence-electron chi connectivity index (χ0n) is 12.6. The highest BCUT2D eigenvalue weighted by atomic mass is 16.3. The second-order valence-corrected chi connectivity index (χ2v) is 7.18. The van der Waals surface area contributed by atoms with E-state index >= 15 is 0 Å². The summed E-state index contributed by atoms with van der Waals surface area (Å²) in [5.74, 6) is 2.32. The van der Waals surface area contributed by atoms with Crippen molar-refractivity contribution >= 4 is 5.91 Å². The second kappa shape index (κ2) is 6.46. The summed E-state index contributed by atoms with van der Waals surface area (Å²) in [5.41, 5.74) is 0. The summed E-state index contributed by atoms with van der Waals surface area (Å²) in [6, 6.07) is 0.0975. The molecule has 2 aliphatic carbocycles. The van der Waals surface area contributed by atoms with Crippen LogP contribution in [-0.4, -0.2) is 35.1 Å². The molecule has 0 spiro atoms. The largest absolute Gasteiger partial charge is 0.394 e. The van der Waals surface area contributed by atoms with Gasteiger partial charge in [0.05, 0.1) is 12.6 Å². The van der Waals surface area contributed by atoms with Crippen LogP contribution in [0.15, 0.2) is 0 Å². The quantitative estimate of drug-likeness (QED) is 0.844. The Balaban J connectivity index is 1.61. The van der Waals surface area contributed by atoms with Gasteiger partial charge in [-0.1, -0.05) is 25.7 Å². The first-order valence-electron chi connectivity index (χ1n) is 8.71. The molecule has 2 saturated carbocycles. The van der Waals surface area contributed by atoms with Gasteiger partial charge >= 0.3 is 0 Å². The second-order valence-electron chi connectivity index (χ2n) is 7.18. The van der Waals surface area contributed by atoms with Crippen molar-refractivity contribution in [2.45, 2.75) is 70.3 Å². The molecule has 3 fully saturated rings. The normalized spacial score (nSPS) is 38.4. The van der Waals surface area contributed by atoms with Crippen LogP contribution >= 0.6 is 0 Å². The summed E-state index contributed by atoms with van der Waals surface area (Å²) in [6.45, 7) is 1.01. The number of aliphatic hydroxyl groups excluding tert-OH is 1. The van der Waals surface area contributed by atoms with E-state index in [0.29, 0.717) is 5.91 Å². The molecule has 3 rings (SSSR count). The lowest BCUT2D eigenvalue weighted by Gasteiger charge is -2.42. The van der Waals surface area contributed by atoms with Crippen LogP contribution in [0.5, 0.6) is 0 Å². The van der Waals surface area contributed by atoms with Crippen LogP contribution in [0.4, 0.5) is 0 Å². The number of nitrogens with zero attached hydrogens (tertiary/aromatic N) is 1. The lowest BCUT2D eigenvalue weighted by atomic mass is 9.67. The number of hydrogen-bond acceptors (Lipinski definition) is 2. The van der Waals surface area contributed by atoms with E-state index in [1.807, 2.05) is 4.90 Å². The van der Waals surface area contributed by atoms with Gasteiger partial charge in [-0.25, -0.2) is 0 Å². The van der Waals surface area contributed by atoms with Crippen LogP contribution in [0.2, 0.25) is 0 Å². The summed E-state index contributed by atoms with van der Waals surface area (Å²) < 4.78 is 0. The first-order chi connectivity index (χ1) is 9.79. The molecule has 0 aromatic rings. The van der Waals surface area contributed by atoms with E-state index in [4.69, 9.17) is 0 Å². The fourth-order valence-corrected chi connectivity index (χ4v) is 4.81. The summed E-state index contributed by atoms with van der Waals surface area (Å²) in [6.07, 6.45) is 12.2. The van der Waals surface area contributed by atoms with E-state index in [0.717, 1.165) is 50.5 Å². The molecule has 1 heterocycles. The maximum absolute atomic E-state index is 12.8. The van der Waals surface area contributed by atoms with Crippen LogP contribution in [0.1, 0.15) is 64.2 Å². The van der Waals surface area contributed by atoms with E-state index < -0.39 is 0 Å². The molecular weight excluding hydrogens is 250 g/mol. The third-order valence-corrected chi connectivity index (χ3v) is 6.01. The van der Waals surface area contributed by atoms with Crippen molar-refractivity contribution in [1.82, 2.24) is 4.90 Å². The van der Waals surface area contributed by atoms with Crippen molar-refractivity contribution in [3.05, 3.63) is 0 Å². The van der Waals surface area contributed by atoms with Crippen LogP contribution in [0.25, 0.3) is 0 Å². The SMILES string of the molecule is O=C(C1CCC2CCCCC2C1)N1CCCCC1CO. The molecule has 114 valence electrons. The molecule has 3 heteroatoms. The molecule has 20 heavy (non-hydrogen) atoms. The van der Waals surface area contributed by atoms with Gasteiger partial charge in [0.2, 0.25) is 5.91 Å². The number of carbonyl (C=O) groups is 1. The molecular formula is C17H29NO2. The van der Waals surface area contributed by atoms with Crippen LogP contribution in [-0.2, 0) is 4.79 Å². The number of piperidine rings is 1. The Morgan fingerprint density at radius 1 is 0.950 bits per heavy atom. The summed E-state index contributed by atoms with van der Waals surface area (Å²) in [5, 5.41) is 9.50. The van der Waals surface area contributed by atoms with Crippen molar-refractivity contribution in [3.8, 4) is 0 Å². The van der Waals surface area contributed by atoms with Gasteiger partial charge in [-0.15, -0.1) is 0 Å². The lowest BCUT2D eigenvalue weighted by Crippen LogP contribution is -2.49. The Bertz CT molecular complexity index is 344. The smallest absolute Gasteiger partial charge is 0.226 e. The average Bonchev–Trinajstić information content (AvgIpc) is 2.53. The fourth-order valence-electron chi connectivity index (χ4n) is 4.81. The number of rotatable bonds is 2. The Kier molecular flexibility index (Phi) is 4.65. The standard InChI is InChI=1S/C17H29NO2/c19-12-16-7-3-4-10-18(16)17(20)15-9-8-13-5-1-2-6-14(13)11-15/h13-16,19H,1-12H2. The third kappa shape index (κ3) is 2.88. The summed E-state index contributed by atoms with van der Waals surface area (Å²) in [7, 11) is 0. The number of fused-ring (bicyclic) bond motifs is 1. The molecule has 1 saturated heterocycles. The highest BCUT2D eigenvalue weighted by Crippen LogP contribution is 2.43. The molecule has 1 N–H and O–H groups in total. The zero-order chi connectivity index (χ0) is 13.9. The van der Waals surface area contributed by atoms with Crippen molar-refractivity contribution in [1.29, 1.82) is 0 Å². The molecule has 3 aliphatic rings. The van der Waals surface area contributed by atoms with Crippen LogP contribution in [0.3, 0.4) is 0 Å². The fraction of sp³-hybridized carbons (Fsp3) is 0.941. The van der Waals surface area contributed by atoms with Gasteiger partial charge < -0.3 is 10.0 Å². The van der Waals surface area contributed by atoms with Crippen LogP contribution in [0, 0.1) is 17.8 Å². The minimum atomic E-state index is 0.0975. The minimum Gasteiger partial charge on any atom is -0.394 e. The van der Waals surface area contributed by atoms with Gasteiger partial charge in [0.25, 0.3) is 0 Å².